The van der Waals surface area contributed by atoms with Crippen LogP contribution in [0.1, 0.15) is 31.5 Å². The molecule has 0 radical (unpaired) electrons. The van der Waals surface area contributed by atoms with Gasteiger partial charge in [-0.05, 0) is 31.9 Å². The van der Waals surface area contributed by atoms with Crippen molar-refractivity contribution in [3.63, 3.8) is 0 Å². The lowest BCUT2D eigenvalue weighted by atomic mass is 9.77. The summed E-state index contributed by atoms with van der Waals surface area (Å²) in [4.78, 5) is 11.2. The van der Waals surface area contributed by atoms with Crippen LogP contribution in [-0.2, 0) is 6.18 Å². The monoisotopic (exact) mass is 473 g/mol. The van der Waals surface area contributed by atoms with Gasteiger partial charge in [0.25, 0.3) is 0 Å². The topological polar surface area (TPSA) is 79.6 Å². The number of hydrogen-bond acceptors (Lipinski definition) is 4. The number of nitrogens with zero attached hydrogens (tertiary/aromatic N) is 4. The number of aliphatic hydroxyl groups is 1. The van der Waals surface area contributed by atoms with Crippen LogP contribution in [0.5, 0.6) is 0 Å². The normalized spacial score (nSPS) is 20.6. The molecule has 3 aromatic heterocycles. The zero-order valence-corrected chi connectivity index (χ0v) is 18.2. The average molecular weight is 474 g/mol. The molecule has 0 spiro atoms. The number of halogens is 4. The summed E-state index contributed by atoms with van der Waals surface area (Å²) in [7, 11) is 0. The van der Waals surface area contributed by atoms with E-state index < -0.39 is 23.5 Å². The highest BCUT2D eigenvalue weighted by atomic mass is 35.5. The molecule has 0 unspecified atom stereocenters. The van der Waals surface area contributed by atoms with E-state index in [1.165, 1.54) is 18.7 Å². The summed E-state index contributed by atoms with van der Waals surface area (Å²) in [6, 6.07) is 8.20. The molecule has 6 nitrogen and oxygen atoms in total. The van der Waals surface area contributed by atoms with Crippen LogP contribution >= 0.6 is 11.6 Å². The Morgan fingerprint density at radius 1 is 1.15 bits per heavy atom. The largest absolute Gasteiger partial charge is 0.433 e. The predicted octanol–water partition coefficient (Wildman–Crippen LogP) is 5.76. The van der Waals surface area contributed by atoms with Crippen molar-refractivity contribution in [2.75, 3.05) is 0 Å². The van der Waals surface area contributed by atoms with Gasteiger partial charge in [0.2, 0.25) is 0 Å². The molecule has 1 fully saturated rings. The standard InChI is InChI=1S/C23H19ClF3N5O/c1-22(33)8-13(9-22)32-21(23(25,26)27)16(11-31-32)20-19(18-6-7-28-12-30-18)15(10-29-20)14-4-2-3-5-17(14)24/h2-7,10-13,29,33H,8-9H2,1H3. The molecule has 3 heterocycles. The summed E-state index contributed by atoms with van der Waals surface area (Å²) in [5.41, 5.74) is 0.461. The number of H-pyrrole nitrogens is 1. The molecule has 0 atom stereocenters. The number of aromatic nitrogens is 5. The summed E-state index contributed by atoms with van der Waals surface area (Å²) in [5.74, 6) is 0. The molecule has 4 aromatic rings. The molecule has 1 aliphatic carbocycles. The van der Waals surface area contributed by atoms with E-state index in [0.717, 1.165) is 4.68 Å². The SMILES string of the molecule is CC1(O)CC(n2ncc(-c3[nH]cc(-c4ccccc4Cl)c3-c3ccncn3)c2C(F)(F)F)C1. The first-order valence-corrected chi connectivity index (χ1v) is 10.6. The van der Waals surface area contributed by atoms with Crippen LogP contribution in [0.25, 0.3) is 33.6 Å². The number of benzene rings is 1. The first kappa shape index (κ1) is 21.7. The van der Waals surface area contributed by atoms with Gasteiger partial charge in [-0.15, -0.1) is 0 Å². The molecule has 0 saturated heterocycles. The van der Waals surface area contributed by atoms with Gasteiger partial charge in [-0.1, -0.05) is 29.8 Å². The van der Waals surface area contributed by atoms with Crippen LogP contribution in [0.3, 0.4) is 0 Å². The van der Waals surface area contributed by atoms with Crippen molar-refractivity contribution >= 4 is 11.6 Å². The maximum atomic E-state index is 14.3. The molecule has 0 bridgehead atoms. The zero-order chi connectivity index (χ0) is 23.4. The van der Waals surface area contributed by atoms with Gasteiger partial charge in [0.15, 0.2) is 5.69 Å². The molecule has 2 N–H and O–H groups in total. The summed E-state index contributed by atoms with van der Waals surface area (Å²) < 4.78 is 43.8. The Morgan fingerprint density at radius 3 is 2.55 bits per heavy atom. The Morgan fingerprint density at radius 2 is 1.91 bits per heavy atom. The van der Waals surface area contributed by atoms with E-state index in [0.29, 0.717) is 27.4 Å². The fraction of sp³-hybridized carbons (Fsp3) is 0.261. The highest BCUT2D eigenvalue weighted by Crippen LogP contribution is 2.48. The van der Waals surface area contributed by atoms with Crippen molar-refractivity contribution in [3.8, 4) is 33.6 Å². The van der Waals surface area contributed by atoms with E-state index in [4.69, 9.17) is 11.6 Å². The van der Waals surface area contributed by atoms with Crippen molar-refractivity contribution in [2.24, 2.45) is 0 Å². The molecule has 1 aromatic carbocycles. The lowest BCUT2D eigenvalue weighted by Crippen LogP contribution is -2.43. The van der Waals surface area contributed by atoms with Gasteiger partial charge in [0.1, 0.15) is 6.33 Å². The van der Waals surface area contributed by atoms with Crippen LogP contribution in [0.2, 0.25) is 5.02 Å². The molecule has 5 rings (SSSR count). The average Bonchev–Trinajstić information content (AvgIpc) is 3.37. The molecular weight excluding hydrogens is 455 g/mol. The van der Waals surface area contributed by atoms with Gasteiger partial charge in [-0.25, -0.2) is 9.97 Å². The van der Waals surface area contributed by atoms with Crippen LogP contribution in [0.15, 0.2) is 55.2 Å². The van der Waals surface area contributed by atoms with Gasteiger partial charge in [0.05, 0.1) is 29.2 Å². The van der Waals surface area contributed by atoms with E-state index >= 15 is 0 Å². The van der Waals surface area contributed by atoms with Crippen LogP contribution in [0, 0.1) is 0 Å². The van der Waals surface area contributed by atoms with Crippen molar-refractivity contribution in [1.82, 2.24) is 24.7 Å². The predicted molar refractivity (Wildman–Crippen MR) is 117 cm³/mol. The smallest absolute Gasteiger partial charge is 0.390 e. The minimum atomic E-state index is -4.66. The van der Waals surface area contributed by atoms with Crippen molar-refractivity contribution in [3.05, 3.63) is 66.0 Å². The second kappa shape index (κ2) is 7.71. The second-order valence-electron chi connectivity index (χ2n) is 8.44. The summed E-state index contributed by atoms with van der Waals surface area (Å²) in [6.45, 7) is 1.61. The van der Waals surface area contributed by atoms with Crippen molar-refractivity contribution in [1.29, 1.82) is 0 Å². The number of alkyl halides is 3. The molecule has 170 valence electrons. The third-order valence-corrected chi connectivity index (χ3v) is 6.24. The number of hydrogen-bond donors (Lipinski definition) is 2. The van der Waals surface area contributed by atoms with Crippen molar-refractivity contribution < 1.29 is 18.3 Å². The highest BCUT2D eigenvalue weighted by Gasteiger charge is 2.46. The van der Waals surface area contributed by atoms with Gasteiger partial charge < -0.3 is 10.1 Å². The molecule has 0 aliphatic heterocycles. The van der Waals surface area contributed by atoms with Crippen LogP contribution in [0.4, 0.5) is 13.2 Å². The third kappa shape index (κ3) is 3.81. The Bertz CT molecular complexity index is 1310. The molecule has 1 aliphatic rings. The second-order valence-corrected chi connectivity index (χ2v) is 8.84. The van der Waals surface area contributed by atoms with Gasteiger partial charge >= 0.3 is 6.18 Å². The van der Waals surface area contributed by atoms with E-state index in [1.54, 1.807) is 43.5 Å². The molecule has 33 heavy (non-hydrogen) atoms. The van der Waals surface area contributed by atoms with E-state index in [1.807, 2.05) is 0 Å². The minimum Gasteiger partial charge on any atom is -0.390 e. The molecule has 1 saturated carbocycles. The number of nitrogens with one attached hydrogen (secondary N) is 1. The van der Waals surface area contributed by atoms with Gasteiger partial charge in [0, 0.05) is 39.7 Å². The molecular formula is C23H19ClF3N5O. The van der Waals surface area contributed by atoms with E-state index in [9.17, 15) is 18.3 Å². The fourth-order valence-electron chi connectivity index (χ4n) is 4.47. The first-order valence-electron chi connectivity index (χ1n) is 10.3. The van der Waals surface area contributed by atoms with Gasteiger partial charge in [-0.3, -0.25) is 4.68 Å². The Kier molecular flexibility index (Phi) is 5.06. The summed E-state index contributed by atoms with van der Waals surface area (Å²) in [5, 5.41) is 14.6. The lowest BCUT2D eigenvalue weighted by Gasteiger charge is -2.41. The van der Waals surface area contributed by atoms with Crippen LogP contribution in [-0.4, -0.2) is 35.4 Å². The van der Waals surface area contributed by atoms with Crippen LogP contribution < -0.4 is 0 Å². The van der Waals surface area contributed by atoms with Gasteiger partial charge in [-0.2, -0.15) is 18.3 Å². The number of rotatable bonds is 4. The Hall–Kier alpha value is -3.17. The van der Waals surface area contributed by atoms with Crippen molar-refractivity contribution in [2.45, 2.75) is 37.6 Å². The Balaban J connectivity index is 1.73. The zero-order valence-electron chi connectivity index (χ0n) is 17.4. The summed E-state index contributed by atoms with van der Waals surface area (Å²) >= 11 is 6.41. The van der Waals surface area contributed by atoms with E-state index in [-0.39, 0.29) is 24.1 Å². The molecule has 0 amide bonds. The quantitative estimate of drug-likeness (QED) is 0.395. The fourth-order valence-corrected chi connectivity index (χ4v) is 4.70. The maximum absolute atomic E-state index is 14.3. The highest BCUT2D eigenvalue weighted by molar-refractivity contribution is 6.33. The summed E-state index contributed by atoms with van der Waals surface area (Å²) in [6.07, 6.45) is 1.44. The number of aromatic amines is 1. The lowest BCUT2D eigenvalue weighted by molar-refractivity contribution is -0.148. The third-order valence-electron chi connectivity index (χ3n) is 5.91. The molecule has 10 heteroatoms. The van der Waals surface area contributed by atoms with E-state index in [2.05, 4.69) is 20.1 Å². The first-order chi connectivity index (χ1) is 15.7. The Labute approximate surface area is 192 Å². The maximum Gasteiger partial charge on any atom is 0.433 e. The minimum absolute atomic E-state index is 0.0963.